The molecule has 0 fully saturated rings. The van der Waals surface area contributed by atoms with Gasteiger partial charge in [0.25, 0.3) is 0 Å². The lowest BCUT2D eigenvalue weighted by Crippen LogP contribution is -2.22. The van der Waals surface area contributed by atoms with Gasteiger partial charge < -0.3 is 19.7 Å². The molecule has 0 heterocycles. The Morgan fingerprint density at radius 1 is 1.33 bits per heavy atom. The predicted molar refractivity (Wildman–Crippen MR) is 47.3 cm³/mol. The molecule has 0 saturated carbocycles. The minimum Gasteiger partial charge on any atom is -0.429 e. The fraction of sp³-hybridized carbons (Fsp3) is 1.00. The SMILES string of the molecule is CC(CO[B]O)C(C)CB(O)O. The number of hydrogen-bond donors (Lipinski definition) is 3. The lowest BCUT2D eigenvalue weighted by Gasteiger charge is -2.18. The van der Waals surface area contributed by atoms with E-state index in [1.165, 1.54) is 0 Å². The second-order valence-electron chi connectivity index (χ2n) is 3.11. The fourth-order valence-corrected chi connectivity index (χ4v) is 0.924. The highest BCUT2D eigenvalue weighted by molar-refractivity contribution is 6.41. The summed E-state index contributed by atoms with van der Waals surface area (Å²) in [5.74, 6) is 0.347. The van der Waals surface area contributed by atoms with Crippen LogP contribution in [0.15, 0.2) is 0 Å². The number of hydrogen-bond acceptors (Lipinski definition) is 4. The van der Waals surface area contributed by atoms with E-state index in [1.807, 2.05) is 13.8 Å². The molecule has 0 aliphatic heterocycles. The maximum absolute atomic E-state index is 8.65. The third-order valence-corrected chi connectivity index (χ3v) is 1.99. The monoisotopic (exact) mass is 173 g/mol. The maximum atomic E-state index is 8.65. The van der Waals surface area contributed by atoms with Crippen LogP contribution in [-0.4, -0.2) is 36.5 Å². The summed E-state index contributed by atoms with van der Waals surface area (Å²) < 4.78 is 4.67. The van der Waals surface area contributed by atoms with Crippen LogP contribution in [0.2, 0.25) is 6.32 Å². The molecule has 0 spiro atoms. The minimum absolute atomic E-state index is 0.157. The van der Waals surface area contributed by atoms with Crippen molar-refractivity contribution in [2.75, 3.05) is 6.61 Å². The molecular weight excluding hydrogens is 158 g/mol. The highest BCUT2D eigenvalue weighted by Crippen LogP contribution is 2.16. The first-order valence-electron chi connectivity index (χ1n) is 4.01. The molecule has 1 radical (unpaired) electrons. The quantitative estimate of drug-likeness (QED) is 0.463. The average Bonchev–Trinajstić information content (AvgIpc) is 1.98. The van der Waals surface area contributed by atoms with E-state index in [0.29, 0.717) is 20.6 Å². The molecule has 4 nitrogen and oxygen atoms in total. The van der Waals surface area contributed by atoms with Gasteiger partial charge in [-0.25, -0.2) is 0 Å². The van der Waals surface area contributed by atoms with Crippen LogP contribution in [0.4, 0.5) is 0 Å². The van der Waals surface area contributed by atoms with Crippen molar-refractivity contribution in [2.45, 2.75) is 20.2 Å². The molecule has 69 valence electrons. The van der Waals surface area contributed by atoms with Gasteiger partial charge in [-0.3, -0.25) is 0 Å². The Labute approximate surface area is 74.0 Å². The molecule has 0 aromatic rings. The number of rotatable bonds is 6. The van der Waals surface area contributed by atoms with E-state index in [2.05, 4.69) is 4.65 Å². The van der Waals surface area contributed by atoms with Gasteiger partial charge in [0.2, 0.25) is 0 Å². The minimum atomic E-state index is -1.26. The van der Waals surface area contributed by atoms with Gasteiger partial charge in [0, 0.05) is 6.61 Å². The first kappa shape index (κ1) is 12.0. The summed E-state index contributed by atoms with van der Waals surface area (Å²) in [5, 5.41) is 25.5. The zero-order valence-corrected chi connectivity index (χ0v) is 7.47. The van der Waals surface area contributed by atoms with Crippen LogP contribution >= 0.6 is 0 Å². The van der Waals surface area contributed by atoms with E-state index in [9.17, 15) is 0 Å². The zero-order chi connectivity index (χ0) is 9.56. The highest BCUT2D eigenvalue weighted by Gasteiger charge is 2.18. The van der Waals surface area contributed by atoms with Crippen molar-refractivity contribution in [2.24, 2.45) is 11.8 Å². The van der Waals surface area contributed by atoms with Crippen molar-refractivity contribution < 1.29 is 19.7 Å². The topological polar surface area (TPSA) is 69.9 Å². The van der Waals surface area contributed by atoms with Crippen molar-refractivity contribution in [3.8, 4) is 0 Å². The Morgan fingerprint density at radius 3 is 2.33 bits per heavy atom. The van der Waals surface area contributed by atoms with E-state index < -0.39 is 7.12 Å². The van der Waals surface area contributed by atoms with Crippen molar-refractivity contribution in [3.63, 3.8) is 0 Å². The molecule has 0 aromatic carbocycles. The van der Waals surface area contributed by atoms with E-state index in [1.54, 1.807) is 0 Å². The van der Waals surface area contributed by atoms with Gasteiger partial charge >= 0.3 is 14.8 Å². The van der Waals surface area contributed by atoms with E-state index in [-0.39, 0.29) is 11.8 Å². The van der Waals surface area contributed by atoms with E-state index >= 15 is 0 Å². The normalized spacial score (nSPS) is 15.4. The van der Waals surface area contributed by atoms with Crippen molar-refractivity contribution in [3.05, 3.63) is 0 Å². The summed E-state index contributed by atoms with van der Waals surface area (Å²) in [6.07, 6.45) is 0.329. The van der Waals surface area contributed by atoms with Crippen LogP contribution in [-0.2, 0) is 4.65 Å². The smallest absolute Gasteiger partial charge is 0.429 e. The second-order valence-corrected chi connectivity index (χ2v) is 3.11. The molecule has 0 rings (SSSR count). The van der Waals surface area contributed by atoms with E-state index in [4.69, 9.17) is 15.1 Å². The van der Waals surface area contributed by atoms with Crippen LogP contribution in [0, 0.1) is 11.8 Å². The maximum Gasteiger partial charge on any atom is 0.485 e. The summed E-state index contributed by atoms with van der Waals surface area (Å²) in [7, 11) is -0.612. The highest BCUT2D eigenvalue weighted by atomic mass is 16.5. The summed E-state index contributed by atoms with van der Waals surface area (Å²) in [4.78, 5) is 0. The molecule has 2 atom stereocenters. The Kier molecular flexibility index (Phi) is 6.47. The molecule has 12 heavy (non-hydrogen) atoms. The van der Waals surface area contributed by atoms with Crippen LogP contribution < -0.4 is 0 Å². The Hall–Kier alpha value is -0.0301. The molecule has 0 aliphatic rings. The summed E-state index contributed by atoms with van der Waals surface area (Å²) in [5.41, 5.74) is 0. The molecule has 0 aliphatic carbocycles. The molecule has 0 saturated heterocycles. The third-order valence-electron chi connectivity index (χ3n) is 1.99. The van der Waals surface area contributed by atoms with Crippen LogP contribution in [0.3, 0.4) is 0 Å². The van der Waals surface area contributed by atoms with Crippen molar-refractivity contribution in [1.82, 2.24) is 0 Å². The molecule has 0 bridgehead atoms. The summed E-state index contributed by atoms with van der Waals surface area (Å²) >= 11 is 0. The molecular formula is C6H15B2O4. The Balaban J connectivity index is 3.53. The fourth-order valence-electron chi connectivity index (χ4n) is 0.924. The molecule has 2 unspecified atom stereocenters. The van der Waals surface area contributed by atoms with Gasteiger partial charge in [0.05, 0.1) is 0 Å². The van der Waals surface area contributed by atoms with Gasteiger partial charge in [-0.05, 0) is 18.2 Å². The van der Waals surface area contributed by atoms with Crippen LogP contribution in [0.5, 0.6) is 0 Å². The Bertz CT molecular complexity index is 112. The van der Waals surface area contributed by atoms with Gasteiger partial charge in [-0.2, -0.15) is 0 Å². The zero-order valence-electron chi connectivity index (χ0n) is 7.47. The van der Waals surface area contributed by atoms with Crippen molar-refractivity contribution in [1.29, 1.82) is 0 Å². The third kappa shape index (κ3) is 5.60. The van der Waals surface area contributed by atoms with Gasteiger partial charge in [-0.1, -0.05) is 13.8 Å². The lowest BCUT2D eigenvalue weighted by atomic mass is 9.75. The average molecular weight is 173 g/mol. The predicted octanol–water partition coefficient (Wildman–Crippen LogP) is -0.726. The van der Waals surface area contributed by atoms with Crippen molar-refractivity contribution >= 4 is 14.8 Å². The van der Waals surface area contributed by atoms with E-state index in [0.717, 1.165) is 0 Å². The first-order chi connectivity index (χ1) is 5.57. The Morgan fingerprint density at radius 2 is 1.92 bits per heavy atom. The summed E-state index contributed by atoms with van der Waals surface area (Å²) in [6.45, 7) is 4.23. The molecule has 3 N–H and O–H groups in total. The molecule has 0 amide bonds. The molecule has 6 heteroatoms. The standard InChI is InChI=1S/C6H15B2O4/c1-5(3-8(10)11)6(2)4-12-7-9/h5-6,9-11H,3-4H2,1-2H3. The molecule has 0 aromatic heterocycles. The largest absolute Gasteiger partial charge is 0.485 e. The lowest BCUT2D eigenvalue weighted by molar-refractivity contribution is 0.202. The van der Waals surface area contributed by atoms with Crippen LogP contribution in [0.25, 0.3) is 0 Å². The van der Waals surface area contributed by atoms with Gasteiger partial charge in [0.15, 0.2) is 0 Å². The second kappa shape index (κ2) is 6.48. The van der Waals surface area contributed by atoms with Gasteiger partial charge in [0.1, 0.15) is 0 Å². The van der Waals surface area contributed by atoms with Gasteiger partial charge in [-0.15, -0.1) is 0 Å². The van der Waals surface area contributed by atoms with Crippen LogP contribution in [0.1, 0.15) is 13.8 Å². The first-order valence-corrected chi connectivity index (χ1v) is 4.01. The summed E-state index contributed by atoms with van der Waals surface area (Å²) in [6, 6.07) is 0.